The maximum atomic E-state index is 4.12. The van der Waals surface area contributed by atoms with Crippen LogP contribution in [0.15, 0.2) is 66.4 Å². The summed E-state index contributed by atoms with van der Waals surface area (Å²) in [5.74, 6) is 0. The fourth-order valence-electron chi connectivity index (χ4n) is 0.840. The van der Waals surface area contributed by atoms with Crippen molar-refractivity contribution in [3.63, 3.8) is 0 Å². The Kier molecular flexibility index (Phi) is 7.97. The van der Waals surface area contributed by atoms with E-state index in [-0.39, 0.29) is 0 Å². The summed E-state index contributed by atoms with van der Waals surface area (Å²) in [5, 5.41) is 0. The fourth-order valence-corrected chi connectivity index (χ4v) is 0.840. The number of aliphatic imine (C=N–C) groups is 1. The summed E-state index contributed by atoms with van der Waals surface area (Å²) in [7, 11) is 0. The van der Waals surface area contributed by atoms with Crippen molar-refractivity contribution in [1.29, 1.82) is 0 Å². The average molecular weight is 201 g/mol. The van der Waals surface area contributed by atoms with Crippen molar-refractivity contribution in [2.45, 2.75) is 19.8 Å². The van der Waals surface area contributed by atoms with Gasteiger partial charge in [-0.1, -0.05) is 44.0 Å². The molecule has 0 unspecified atom stereocenters. The van der Waals surface area contributed by atoms with Gasteiger partial charge in [-0.15, -0.1) is 0 Å². The van der Waals surface area contributed by atoms with E-state index in [1.807, 2.05) is 13.0 Å². The van der Waals surface area contributed by atoms with E-state index in [9.17, 15) is 0 Å². The number of rotatable bonds is 7. The number of nitrogens with zero attached hydrogens (tertiary/aromatic N) is 1. The second-order valence-electron chi connectivity index (χ2n) is 3.08. The highest BCUT2D eigenvalue weighted by Gasteiger charge is 1.82. The van der Waals surface area contributed by atoms with Crippen LogP contribution >= 0.6 is 0 Å². The van der Waals surface area contributed by atoms with Gasteiger partial charge in [0.25, 0.3) is 0 Å². The van der Waals surface area contributed by atoms with Gasteiger partial charge in [-0.25, -0.2) is 0 Å². The quantitative estimate of drug-likeness (QED) is 0.253. The Morgan fingerprint density at radius 1 is 1.20 bits per heavy atom. The fraction of sp³-hybridized carbons (Fsp3) is 0.214. The lowest BCUT2D eigenvalue weighted by molar-refractivity contribution is 1.05. The standard InChI is InChI=1S/C14H19N/c1-5-7-8-9-10-11-14(4)15-12-13(3)6-2/h5-7,10-12H,2-4,8-9H2,1H3/b7-5-,11-10+,15-12+. The highest BCUT2D eigenvalue weighted by atomic mass is 14.7. The molecule has 0 bridgehead atoms. The Hall–Kier alpha value is -1.63. The van der Waals surface area contributed by atoms with Crippen LogP contribution in [0.5, 0.6) is 0 Å². The molecule has 80 valence electrons. The molecule has 0 aromatic carbocycles. The van der Waals surface area contributed by atoms with Crippen LogP contribution in [0.1, 0.15) is 19.8 Å². The topological polar surface area (TPSA) is 12.4 Å². The Morgan fingerprint density at radius 2 is 1.87 bits per heavy atom. The van der Waals surface area contributed by atoms with Gasteiger partial charge in [-0.3, -0.25) is 4.99 Å². The molecule has 0 rings (SSSR count). The third-order valence-electron chi connectivity index (χ3n) is 1.70. The van der Waals surface area contributed by atoms with Crippen LogP contribution in [0.3, 0.4) is 0 Å². The Balaban J connectivity index is 3.87. The predicted molar refractivity (Wildman–Crippen MR) is 70.2 cm³/mol. The predicted octanol–water partition coefficient (Wildman–Crippen LogP) is 4.23. The molecule has 15 heavy (non-hydrogen) atoms. The number of hydrogen-bond acceptors (Lipinski definition) is 1. The average Bonchev–Trinajstić information content (AvgIpc) is 2.25. The maximum Gasteiger partial charge on any atom is 0.0554 e. The molecule has 0 spiro atoms. The second kappa shape index (κ2) is 8.95. The minimum absolute atomic E-state index is 0.735. The first-order chi connectivity index (χ1) is 7.20. The molecule has 0 amide bonds. The van der Waals surface area contributed by atoms with Crippen LogP contribution in [0, 0.1) is 0 Å². The van der Waals surface area contributed by atoms with Gasteiger partial charge in [0.1, 0.15) is 0 Å². The molecule has 0 saturated carbocycles. The molecule has 0 aromatic heterocycles. The van der Waals surface area contributed by atoms with Crippen molar-refractivity contribution in [2.24, 2.45) is 4.99 Å². The van der Waals surface area contributed by atoms with E-state index in [1.54, 1.807) is 12.3 Å². The lowest BCUT2D eigenvalue weighted by Crippen LogP contribution is -1.77. The summed E-state index contributed by atoms with van der Waals surface area (Å²) >= 11 is 0. The van der Waals surface area contributed by atoms with Crippen LogP contribution in [-0.4, -0.2) is 6.21 Å². The summed E-state index contributed by atoms with van der Waals surface area (Å²) in [5.41, 5.74) is 1.52. The molecule has 0 radical (unpaired) electrons. The van der Waals surface area contributed by atoms with Crippen molar-refractivity contribution in [2.75, 3.05) is 0 Å². The monoisotopic (exact) mass is 201 g/mol. The molecule has 0 atom stereocenters. The molecule has 0 aliphatic heterocycles. The van der Waals surface area contributed by atoms with Crippen LogP contribution in [0.2, 0.25) is 0 Å². The van der Waals surface area contributed by atoms with Gasteiger partial charge in [0.15, 0.2) is 0 Å². The Morgan fingerprint density at radius 3 is 2.47 bits per heavy atom. The van der Waals surface area contributed by atoms with E-state index >= 15 is 0 Å². The van der Waals surface area contributed by atoms with Crippen molar-refractivity contribution >= 4 is 6.21 Å². The largest absolute Gasteiger partial charge is 0.257 e. The SMILES string of the molecule is C=CC(=C)/C=N/C(=C)/C=C/CC/C=C\C. The second-order valence-corrected chi connectivity index (χ2v) is 3.08. The Bertz CT molecular complexity index is 303. The van der Waals surface area contributed by atoms with Crippen molar-refractivity contribution in [1.82, 2.24) is 0 Å². The van der Waals surface area contributed by atoms with E-state index in [1.165, 1.54) is 0 Å². The van der Waals surface area contributed by atoms with Gasteiger partial charge >= 0.3 is 0 Å². The molecule has 0 N–H and O–H groups in total. The zero-order chi connectivity index (χ0) is 11.5. The van der Waals surface area contributed by atoms with Gasteiger partial charge in [-0.05, 0) is 31.4 Å². The van der Waals surface area contributed by atoms with Gasteiger partial charge in [0.2, 0.25) is 0 Å². The van der Waals surface area contributed by atoms with Gasteiger partial charge < -0.3 is 0 Å². The first-order valence-corrected chi connectivity index (χ1v) is 5.02. The lowest BCUT2D eigenvalue weighted by atomic mass is 10.2. The van der Waals surface area contributed by atoms with Gasteiger partial charge in [0, 0.05) is 6.21 Å². The lowest BCUT2D eigenvalue weighted by Gasteiger charge is -1.91. The van der Waals surface area contributed by atoms with Crippen LogP contribution < -0.4 is 0 Å². The minimum atomic E-state index is 0.735. The summed E-state index contributed by atoms with van der Waals surface area (Å²) in [6.45, 7) is 13.1. The van der Waals surface area contributed by atoms with E-state index in [0.29, 0.717) is 0 Å². The molecule has 0 fully saturated rings. The summed E-state index contributed by atoms with van der Waals surface area (Å²) in [6.07, 6.45) is 13.6. The zero-order valence-corrected chi connectivity index (χ0v) is 9.45. The molecule has 0 aliphatic rings. The van der Waals surface area contributed by atoms with E-state index in [4.69, 9.17) is 0 Å². The maximum absolute atomic E-state index is 4.12. The van der Waals surface area contributed by atoms with Crippen LogP contribution in [0.4, 0.5) is 0 Å². The number of hydrogen-bond donors (Lipinski definition) is 0. The normalized spacial score (nSPS) is 11.5. The van der Waals surface area contributed by atoms with Gasteiger partial charge in [-0.2, -0.15) is 0 Å². The van der Waals surface area contributed by atoms with E-state index < -0.39 is 0 Å². The van der Waals surface area contributed by atoms with Crippen molar-refractivity contribution < 1.29 is 0 Å². The van der Waals surface area contributed by atoms with Crippen molar-refractivity contribution in [3.8, 4) is 0 Å². The highest BCUT2D eigenvalue weighted by molar-refractivity contribution is 5.81. The van der Waals surface area contributed by atoms with E-state index in [0.717, 1.165) is 24.1 Å². The molecule has 1 heteroatoms. The molecule has 1 nitrogen and oxygen atoms in total. The smallest absolute Gasteiger partial charge is 0.0554 e. The first-order valence-electron chi connectivity index (χ1n) is 5.02. The molecular weight excluding hydrogens is 182 g/mol. The third-order valence-corrected chi connectivity index (χ3v) is 1.70. The molecule has 0 aliphatic carbocycles. The zero-order valence-electron chi connectivity index (χ0n) is 9.45. The third kappa shape index (κ3) is 8.69. The minimum Gasteiger partial charge on any atom is -0.257 e. The first kappa shape index (κ1) is 13.4. The summed E-state index contributed by atoms with van der Waals surface area (Å²) in [4.78, 5) is 4.12. The molecular formula is C14H19N. The summed E-state index contributed by atoms with van der Waals surface area (Å²) in [6, 6.07) is 0. The number of allylic oxidation sites excluding steroid dienone is 6. The molecule has 0 aromatic rings. The van der Waals surface area contributed by atoms with Gasteiger partial charge in [0.05, 0.1) is 5.70 Å². The summed E-state index contributed by atoms with van der Waals surface area (Å²) < 4.78 is 0. The molecule has 0 saturated heterocycles. The highest BCUT2D eigenvalue weighted by Crippen LogP contribution is 1.99. The van der Waals surface area contributed by atoms with E-state index in [2.05, 4.69) is 43.0 Å². The van der Waals surface area contributed by atoms with Crippen LogP contribution in [0.25, 0.3) is 0 Å². The van der Waals surface area contributed by atoms with Crippen LogP contribution in [-0.2, 0) is 0 Å². The van der Waals surface area contributed by atoms with Crippen molar-refractivity contribution in [3.05, 3.63) is 61.4 Å². The Labute approximate surface area is 92.9 Å². The molecule has 0 heterocycles. The number of unbranched alkanes of at least 4 members (excludes halogenated alkanes) is 1.